The number of halogens is 4. The van der Waals surface area contributed by atoms with E-state index >= 15 is 0 Å². The molecule has 0 fully saturated rings. The van der Waals surface area contributed by atoms with Crippen molar-refractivity contribution in [1.29, 1.82) is 0 Å². The first-order valence-electron chi connectivity index (χ1n) is 5.43. The molecular formula is C12H8Cl3FN2O2S. The molecule has 0 aliphatic rings. The number of nitrogens with two attached hydrogens (primary N) is 1. The molecule has 0 atom stereocenters. The van der Waals surface area contributed by atoms with Gasteiger partial charge in [-0.3, -0.25) is 4.72 Å². The monoisotopic (exact) mass is 368 g/mol. The Hall–Kier alpha value is -1.21. The third kappa shape index (κ3) is 3.52. The Bertz CT molecular complexity index is 812. The Morgan fingerprint density at radius 1 is 1.05 bits per heavy atom. The van der Waals surface area contributed by atoms with E-state index in [2.05, 4.69) is 4.72 Å². The molecule has 0 spiro atoms. The SMILES string of the molecule is Nc1cc(S(=O)(=O)Nc2ccc(Cl)cc2Cl)c(Cl)cc1F. The van der Waals surface area contributed by atoms with Crippen LogP contribution in [0.3, 0.4) is 0 Å². The summed E-state index contributed by atoms with van der Waals surface area (Å²) in [7, 11) is -4.07. The van der Waals surface area contributed by atoms with E-state index < -0.39 is 15.8 Å². The maximum absolute atomic E-state index is 13.2. The summed E-state index contributed by atoms with van der Waals surface area (Å²) in [6, 6.07) is 6.00. The molecule has 21 heavy (non-hydrogen) atoms. The molecule has 0 saturated carbocycles. The molecule has 2 aromatic carbocycles. The van der Waals surface area contributed by atoms with E-state index in [4.69, 9.17) is 40.5 Å². The van der Waals surface area contributed by atoms with Gasteiger partial charge < -0.3 is 5.73 Å². The van der Waals surface area contributed by atoms with Gasteiger partial charge in [-0.2, -0.15) is 0 Å². The zero-order valence-corrected chi connectivity index (χ0v) is 13.3. The van der Waals surface area contributed by atoms with Gasteiger partial charge in [0, 0.05) is 5.02 Å². The highest BCUT2D eigenvalue weighted by Gasteiger charge is 2.21. The zero-order chi connectivity index (χ0) is 15.8. The number of hydrogen-bond donors (Lipinski definition) is 2. The van der Waals surface area contributed by atoms with Gasteiger partial charge in [-0.1, -0.05) is 34.8 Å². The zero-order valence-electron chi connectivity index (χ0n) is 10.2. The molecule has 4 nitrogen and oxygen atoms in total. The van der Waals surface area contributed by atoms with Gasteiger partial charge in [0.1, 0.15) is 10.7 Å². The molecule has 0 aliphatic heterocycles. The highest BCUT2D eigenvalue weighted by Crippen LogP contribution is 2.31. The van der Waals surface area contributed by atoms with E-state index in [1.54, 1.807) is 0 Å². The van der Waals surface area contributed by atoms with Gasteiger partial charge in [0.2, 0.25) is 0 Å². The second-order valence-corrected chi connectivity index (χ2v) is 6.94. The summed E-state index contributed by atoms with van der Waals surface area (Å²) in [6.07, 6.45) is 0. The van der Waals surface area contributed by atoms with E-state index in [1.165, 1.54) is 18.2 Å². The molecule has 0 aromatic heterocycles. The van der Waals surface area contributed by atoms with Crippen molar-refractivity contribution in [1.82, 2.24) is 0 Å². The van der Waals surface area contributed by atoms with Crippen LogP contribution in [0, 0.1) is 5.82 Å². The van der Waals surface area contributed by atoms with Crippen LogP contribution in [0.2, 0.25) is 15.1 Å². The molecule has 9 heteroatoms. The van der Waals surface area contributed by atoms with Gasteiger partial charge in [0.05, 0.1) is 21.4 Å². The lowest BCUT2D eigenvalue weighted by molar-refractivity contribution is 0.600. The highest BCUT2D eigenvalue weighted by atomic mass is 35.5. The van der Waals surface area contributed by atoms with Gasteiger partial charge in [-0.15, -0.1) is 0 Å². The van der Waals surface area contributed by atoms with Gasteiger partial charge in [-0.05, 0) is 30.3 Å². The van der Waals surface area contributed by atoms with E-state index in [0.717, 1.165) is 12.1 Å². The molecular weight excluding hydrogens is 362 g/mol. The Morgan fingerprint density at radius 2 is 1.71 bits per heavy atom. The van der Waals surface area contributed by atoms with E-state index in [-0.39, 0.29) is 26.3 Å². The van der Waals surface area contributed by atoms with Crippen molar-refractivity contribution in [3.63, 3.8) is 0 Å². The average Bonchev–Trinajstić information content (AvgIpc) is 2.37. The van der Waals surface area contributed by atoms with Crippen molar-refractivity contribution < 1.29 is 12.8 Å². The summed E-state index contributed by atoms with van der Waals surface area (Å²) in [5.74, 6) is -0.802. The van der Waals surface area contributed by atoms with Crippen molar-refractivity contribution >= 4 is 56.2 Å². The summed E-state index contributed by atoms with van der Waals surface area (Å²) in [5.41, 5.74) is 5.14. The number of nitrogens with one attached hydrogen (secondary N) is 1. The summed E-state index contributed by atoms with van der Waals surface area (Å²) < 4.78 is 40.0. The van der Waals surface area contributed by atoms with Gasteiger partial charge >= 0.3 is 0 Å². The topological polar surface area (TPSA) is 72.2 Å². The number of nitrogen functional groups attached to an aromatic ring is 1. The number of benzene rings is 2. The fourth-order valence-corrected chi connectivity index (χ4v) is 3.66. The van der Waals surface area contributed by atoms with Crippen LogP contribution in [-0.4, -0.2) is 8.42 Å². The quantitative estimate of drug-likeness (QED) is 0.798. The molecule has 0 bridgehead atoms. The first kappa shape index (κ1) is 16.2. The number of rotatable bonds is 3. The minimum atomic E-state index is -4.07. The summed E-state index contributed by atoms with van der Waals surface area (Å²) >= 11 is 17.4. The largest absolute Gasteiger partial charge is 0.396 e. The molecule has 2 rings (SSSR count). The van der Waals surface area contributed by atoms with E-state index in [0.29, 0.717) is 5.02 Å². The third-order valence-electron chi connectivity index (χ3n) is 2.52. The van der Waals surface area contributed by atoms with Crippen LogP contribution in [0.15, 0.2) is 35.2 Å². The standard InChI is InChI=1S/C12H8Cl3FN2O2S/c13-6-1-2-11(7(14)3-6)18-21(19,20)12-5-10(17)9(16)4-8(12)15/h1-5,18H,17H2. The second-order valence-electron chi connectivity index (χ2n) is 4.03. The molecule has 112 valence electrons. The number of hydrogen-bond acceptors (Lipinski definition) is 3. The minimum Gasteiger partial charge on any atom is -0.396 e. The molecule has 0 saturated heterocycles. The Kier molecular flexibility index (Phi) is 4.53. The lowest BCUT2D eigenvalue weighted by Gasteiger charge is -2.12. The second kappa shape index (κ2) is 5.88. The summed E-state index contributed by atoms with van der Waals surface area (Å²) in [4.78, 5) is -0.353. The van der Waals surface area contributed by atoms with Crippen molar-refractivity contribution in [3.05, 3.63) is 51.2 Å². The van der Waals surface area contributed by atoms with Gasteiger partial charge in [-0.25, -0.2) is 12.8 Å². The Morgan fingerprint density at radius 3 is 2.33 bits per heavy atom. The molecule has 0 heterocycles. The maximum Gasteiger partial charge on any atom is 0.263 e. The normalized spacial score (nSPS) is 11.4. The summed E-state index contributed by atoms with van der Waals surface area (Å²) in [6.45, 7) is 0. The minimum absolute atomic E-state index is 0.109. The molecule has 3 N–H and O–H groups in total. The van der Waals surface area contributed by atoms with Crippen LogP contribution in [0.5, 0.6) is 0 Å². The Balaban J connectivity index is 2.46. The van der Waals surface area contributed by atoms with Crippen LogP contribution in [-0.2, 0) is 10.0 Å². The fourth-order valence-electron chi connectivity index (χ4n) is 1.52. The molecule has 0 unspecified atom stereocenters. The van der Waals surface area contributed by atoms with Crippen molar-refractivity contribution in [2.45, 2.75) is 4.90 Å². The highest BCUT2D eigenvalue weighted by molar-refractivity contribution is 7.92. The molecule has 2 aromatic rings. The van der Waals surface area contributed by atoms with E-state index in [1.807, 2.05) is 0 Å². The predicted octanol–water partition coefficient (Wildman–Crippen LogP) is 4.17. The smallest absolute Gasteiger partial charge is 0.263 e. The van der Waals surface area contributed by atoms with Crippen LogP contribution in [0.4, 0.5) is 15.8 Å². The van der Waals surface area contributed by atoms with Crippen LogP contribution < -0.4 is 10.5 Å². The van der Waals surface area contributed by atoms with Crippen LogP contribution >= 0.6 is 34.8 Å². The molecule has 0 radical (unpaired) electrons. The van der Waals surface area contributed by atoms with Crippen LogP contribution in [0.25, 0.3) is 0 Å². The lowest BCUT2D eigenvalue weighted by Crippen LogP contribution is -2.14. The van der Waals surface area contributed by atoms with Crippen LogP contribution in [0.1, 0.15) is 0 Å². The number of anilines is 2. The van der Waals surface area contributed by atoms with Crippen molar-refractivity contribution in [2.75, 3.05) is 10.5 Å². The fraction of sp³-hybridized carbons (Fsp3) is 0. The predicted molar refractivity (Wildman–Crippen MR) is 83.1 cm³/mol. The third-order valence-corrected chi connectivity index (χ3v) is 4.89. The average molecular weight is 370 g/mol. The van der Waals surface area contributed by atoms with E-state index in [9.17, 15) is 12.8 Å². The van der Waals surface area contributed by atoms with Gasteiger partial charge in [0.15, 0.2) is 0 Å². The maximum atomic E-state index is 13.2. The van der Waals surface area contributed by atoms with Crippen molar-refractivity contribution in [2.24, 2.45) is 0 Å². The summed E-state index contributed by atoms with van der Waals surface area (Å²) in [5, 5.41) is 0.170. The first-order chi connectivity index (χ1) is 9.70. The lowest BCUT2D eigenvalue weighted by atomic mass is 10.3. The van der Waals surface area contributed by atoms with Crippen molar-refractivity contribution in [3.8, 4) is 0 Å². The van der Waals surface area contributed by atoms with Gasteiger partial charge in [0.25, 0.3) is 10.0 Å². The molecule has 0 amide bonds. The Labute approximate surface area is 135 Å². The first-order valence-corrected chi connectivity index (χ1v) is 8.05. The number of sulfonamides is 1. The molecule has 0 aliphatic carbocycles.